The molecule has 0 aliphatic carbocycles. The number of pyridine rings is 1. The van der Waals surface area contributed by atoms with Crippen LogP contribution in [0.15, 0.2) is 36.5 Å². The molecule has 104 valence electrons. The molecule has 0 aliphatic heterocycles. The van der Waals surface area contributed by atoms with Crippen LogP contribution >= 0.6 is 15.9 Å². The third kappa shape index (κ3) is 3.74. The van der Waals surface area contributed by atoms with Crippen molar-refractivity contribution in [2.75, 3.05) is 10.6 Å². The maximum Gasteiger partial charge on any atom is 0.236 e. The van der Waals surface area contributed by atoms with Crippen LogP contribution < -0.4 is 10.1 Å². The Morgan fingerprint density at radius 3 is 2.70 bits per heavy atom. The second-order valence-electron chi connectivity index (χ2n) is 3.74. The fourth-order valence-corrected chi connectivity index (χ4v) is 1.52. The van der Waals surface area contributed by atoms with Crippen molar-refractivity contribution in [3.63, 3.8) is 0 Å². The highest BCUT2D eigenvalue weighted by molar-refractivity contribution is 9.09. The predicted octanol–water partition coefficient (Wildman–Crippen LogP) is 3.49. The predicted molar refractivity (Wildman–Crippen MR) is 73.1 cm³/mol. The number of carbonyl (C=O) groups is 1. The Kier molecular flexibility index (Phi) is 4.62. The van der Waals surface area contributed by atoms with Gasteiger partial charge in [-0.25, -0.2) is 13.8 Å². The van der Waals surface area contributed by atoms with Crippen LogP contribution in [0.2, 0.25) is 0 Å². The number of hydrogen-bond acceptors (Lipinski definition) is 3. The van der Waals surface area contributed by atoms with E-state index >= 15 is 0 Å². The Morgan fingerprint density at radius 1 is 1.30 bits per heavy atom. The van der Waals surface area contributed by atoms with Gasteiger partial charge in [0.2, 0.25) is 5.91 Å². The summed E-state index contributed by atoms with van der Waals surface area (Å²) in [6.45, 7) is 0. The normalized spacial score (nSPS) is 10.2. The maximum absolute atomic E-state index is 13.4. The fraction of sp³-hybridized carbons (Fsp3) is 0.0769. The van der Waals surface area contributed by atoms with Crippen molar-refractivity contribution in [1.29, 1.82) is 0 Å². The van der Waals surface area contributed by atoms with E-state index < -0.39 is 11.6 Å². The molecule has 2 rings (SSSR count). The first-order valence-corrected chi connectivity index (χ1v) is 6.65. The zero-order valence-electron chi connectivity index (χ0n) is 10.1. The highest BCUT2D eigenvalue weighted by Crippen LogP contribution is 2.24. The number of aromatic nitrogens is 1. The number of rotatable bonds is 4. The number of ether oxygens (including phenoxy) is 1. The number of nitrogens with zero attached hydrogens (tertiary/aromatic N) is 1. The molecule has 0 atom stereocenters. The molecular formula is C13H9BrF2N2O2. The molecule has 1 N–H and O–H groups in total. The quantitative estimate of drug-likeness (QED) is 0.865. The molecule has 1 aromatic carbocycles. The van der Waals surface area contributed by atoms with E-state index in [0.717, 1.165) is 12.1 Å². The lowest BCUT2D eigenvalue weighted by Crippen LogP contribution is -2.13. The second kappa shape index (κ2) is 6.42. The highest BCUT2D eigenvalue weighted by Gasteiger charge is 2.07. The van der Waals surface area contributed by atoms with Crippen LogP contribution in [0.5, 0.6) is 11.5 Å². The largest absolute Gasteiger partial charge is 0.453 e. The summed E-state index contributed by atoms with van der Waals surface area (Å²) in [5.41, 5.74) is 0. The minimum Gasteiger partial charge on any atom is -0.453 e. The van der Waals surface area contributed by atoms with Crippen LogP contribution in [0.4, 0.5) is 14.6 Å². The second-order valence-corrected chi connectivity index (χ2v) is 4.30. The van der Waals surface area contributed by atoms with Gasteiger partial charge in [-0.05, 0) is 24.3 Å². The molecule has 0 radical (unpaired) electrons. The summed E-state index contributed by atoms with van der Waals surface area (Å²) < 4.78 is 31.4. The van der Waals surface area contributed by atoms with Crippen molar-refractivity contribution in [2.45, 2.75) is 0 Å². The summed E-state index contributed by atoms with van der Waals surface area (Å²) in [5.74, 6) is -1.21. The molecule has 0 saturated carbocycles. The number of amides is 1. The number of carbonyl (C=O) groups excluding carboxylic acids is 1. The monoisotopic (exact) mass is 342 g/mol. The number of hydrogen-bond donors (Lipinski definition) is 1. The molecular weight excluding hydrogens is 334 g/mol. The molecule has 20 heavy (non-hydrogen) atoms. The van der Waals surface area contributed by atoms with Crippen molar-refractivity contribution in [2.24, 2.45) is 0 Å². The summed E-state index contributed by atoms with van der Waals surface area (Å²) in [7, 11) is 0. The van der Waals surface area contributed by atoms with Gasteiger partial charge in [0.25, 0.3) is 0 Å². The van der Waals surface area contributed by atoms with Crippen molar-refractivity contribution in [3.05, 3.63) is 48.2 Å². The van der Waals surface area contributed by atoms with Gasteiger partial charge in [0.15, 0.2) is 11.6 Å². The number of benzene rings is 1. The lowest BCUT2D eigenvalue weighted by molar-refractivity contribution is -0.113. The third-order valence-electron chi connectivity index (χ3n) is 2.25. The average Bonchev–Trinajstić information content (AvgIpc) is 2.44. The molecule has 0 fully saturated rings. The van der Waals surface area contributed by atoms with Gasteiger partial charge in [0.1, 0.15) is 17.4 Å². The lowest BCUT2D eigenvalue weighted by Gasteiger charge is -2.07. The van der Waals surface area contributed by atoms with Crippen molar-refractivity contribution in [1.82, 2.24) is 4.98 Å². The van der Waals surface area contributed by atoms with E-state index in [-0.39, 0.29) is 22.7 Å². The molecule has 0 spiro atoms. The van der Waals surface area contributed by atoms with Crippen molar-refractivity contribution in [3.8, 4) is 11.5 Å². The van der Waals surface area contributed by atoms with Crippen LogP contribution in [0.3, 0.4) is 0 Å². The Bertz CT molecular complexity index is 620. The first-order valence-electron chi connectivity index (χ1n) is 5.53. The molecule has 1 aromatic heterocycles. The lowest BCUT2D eigenvalue weighted by atomic mass is 10.3. The van der Waals surface area contributed by atoms with E-state index in [1.165, 1.54) is 24.4 Å². The summed E-state index contributed by atoms with van der Waals surface area (Å²) in [6.07, 6.45) is 1.33. The molecule has 0 bridgehead atoms. The summed E-state index contributed by atoms with van der Waals surface area (Å²) in [6, 6.07) is 6.03. The zero-order chi connectivity index (χ0) is 14.5. The minimum atomic E-state index is -0.804. The summed E-state index contributed by atoms with van der Waals surface area (Å²) in [4.78, 5) is 15.1. The molecule has 0 aliphatic rings. The average molecular weight is 343 g/mol. The first-order chi connectivity index (χ1) is 9.58. The van der Waals surface area contributed by atoms with Gasteiger partial charge < -0.3 is 10.1 Å². The molecule has 1 amide bonds. The SMILES string of the molecule is O=C(CBr)Nc1ccc(Oc2ccc(F)cc2F)cn1. The Balaban J connectivity index is 2.08. The molecule has 4 nitrogen and oxygen atoms in total. The zero-order valence-corrected chi connectivity index (χ0v) is 11.7. The highest BCUT2D eigenvalue weighted by atomic mass is 79.9. The Morgan fingerprint density at radius 2 is 2.10 bits per heavy atom. The van der Waals surface area contributed by atoms with Crippen LogP contribution in [0, 0.1) is 11.6 Å². The van der Waals surface area contributed by atoms with E-state index in [1.54, 1.807) is 0 Å². The first kappa shape index (κ1) is 14.4. The van der Waals surface area contributed by atoms with Crippen LogP contribution in [-0.2, 0) is 4.79 Å². The van der Waals surface area contributed by atoms with Crippen LogP contribution in [-0.4, -0.2) is 16.2 Å². The van der Waals surface area contributed by atoms with E-state index in [1.807, 2.05) is 0 Å². The minimum absolute atomic E-state index is 0.106. The van der Waals surface area contributed by atoms with Gasteiger partial charge >= 0.3 is 0 Å². The van der Waals surface area contributed by atoms with Gasteiger partial charge in [-0.1, -0.05) is 15.9 Å². The van der Waals surface area contributed by atoms with Crippen LogP contribution in [0.25, 0.3) is 0 Å². The molecule has 1 heterocycles. The van der Waals surface area contributed by atoms with Crippen LogP contribution in [0.1, 0.15) is 0 Å². The van der Waals surface area contributed by atoms with E-state index in [0.29, 0.717) is 5.82 Å². The smallest absolute Gasteiger partial charge is 0.236 e. The van der Waals surface area contributed by atoms with Gasteiger partial charge in [0.05, 0.1) is 11.5 Å². The Labute approximate surface area is 121 Å². The Hall–Kier alpha value is -2.02. The third-order valence-corrected chi connectivity index (χ3v) is 2.76. The summed E-state index contributed by atoms with van der Waals surface area (Å²) in [5, 5.41) is 2.69. The number of anilines is 1. The van der Waals surface area contributed by atoms with E-state index in [9.17, 15) is 13.6 Å². The van der Waals surface area contributed by atoms with Gasteiger partial charge in [-0.2, -0.15) is 0 Å². The van der Waals surface area contributed by atoms with Gasteiger partial charge in [-0.3, -0.25) is 4.79 Å². The fourth-order valence-electron chi connectivity index (χ4n) is 1.38. The number of alkyl halides is 1. The number of nitrogens with one attached hydrogen (secondary N) is 1. The topological polar surface area (TPSA) is 51.2 Å². The van der Waals surface area contributed by atoms with E-state index in [4.69, 9.17) is 4.74 Å². The van der Waals surface area contributed by atoms with Crippen molar-refractivity contribution < 1.29 is 18.3 Å². The van der Waals surface area contributed by atoms with Gasteiger partial charge in [-0.15, -0.1) is 0 Å². The molecule has 0 unspecified atom stereocenters. The van der Waals surface area contributed by atoms with Gasteiger partial charge in [0, 0.05) is 6.07 Å². The standard InChI is InChI=1S/C13H9BrF2N2O2/c14-6-13(19)18-12-4-2-9(7-17-12)20-11-3-1-8(15)5-10(11)16/h1-5,7H,6H2,(H,17,18,19). The molecule has 2 aromatic rings. The molecule has 7 heteroatoms. The molecule has 0 saturated heterocycles. The van der Waals surface area contributed by atoms with E-state index in [2.05, 4.69) is 26.2 Å². The summed E-state index contributed by atoms with van der Waals surface area (Å²) >= 11 is 3.01. The number of halogens is 3. The maximum atomic E-state index is 13.4. The van der Waals surface area contributed by atoms with Crippen molar-refractivity contribution >= 4 is 27.7 Å².